The maximum absolute atomic E-state index is 0. The molecule has 0 saturated heterocycles. The third kappa shape index (κ3) is 122. The van der Waals surface area contributed by atoms with Gasteiger partial charge in [-0.2, -0.15) is 0 Å². The molecule has 0 bridgehead atoms. The first-order chi connectivity index (χ1) is 0. The first-order valence-electron chi connectivity index (χ1n) is 0. The van der Waals surface area contributed by atoms with Gasteiger partial charge in [-0.1, -0.05) is 0 Å². The quantitative estimate of drug-likeness (QED) is 0.401. The molecule has 15 heavy (non-hydrogen) atoms. The van der Waals surface area contributed by atoms with Gasteiger partial charge in [0.15, 0.2) is 0 Å². The van der Waals surface area contributed by atoms with Gasteiger partial charge in [0.25, 0.3) is 0 Å². The van der Waals surface area contributed by atoms with E-state index in [4.69, 9.17) is 0 Å². The zero-order chi connectivity index (χ0) is 0. The van der Waals surface area contributed by atoms with Crippen LogP contribution in [0.25, 0.3) is 0 Å². The van der Waals surface area contributed by atoms with Crippen LogP contribution in [0.5, 0.6) is 0 Å². The predicted molar refractivity (Wildman–Crippen MR) is 108 cm³/mol. The van der Waals surface area contributed by atoms with Crippen molar-refractivity contribution in [2.24, 2.45) is 0 Å². The van der Waals surface area contributed by atoms with E-state index in [1.807, 2.05) is 0 Å². The minimum absolute atomic E-state index is 0. The fraction of sp³-hybridized carbons (Fsp3) is 0. The van der Waals surface area contributed by atoms with E-state index in [-0.39, 0.29) is 306 Å². The Balaban J connectivity index is 0. The van der Waals surface area contributed by atoms with E-state index in [1.165, 1.54) is 0 Å². The molecular formula is H15Cl8Na7. The summed E-state index contributed by atoms with van der Waals surface area (Å²) in [7, 11) is 0. The van der Waals surface area contributed by atoms with Crippen LogP contribution < -0.4 is 0 Å². The van der Waals surface area contributed by atoms with E-state index >= 15 is 0 Å². The van der Waals surface area contributed by atoms with Crippen molar-refractivity contribution in [1.29, 1.82) is 0 Å². The summed E-state index contributed by atoms with van der Waals surface area (Å²) < 4.78 is 0. The molecule has 0 N–H and O–H groups in total. The fourth-order valence-electron chi connectivity index (χ4n) is 0. The van der Waals surface area contributed by atoms with Crippen molar-refractivity contribution in [3.63, 3.8) is 0 Å². The predicted octanol–water partition coefficient (Wildman–Crippen LogP) is -1.17. The molecule has 0 heterocycles. The maximum atomic E-state index is 0. The molecular weight excluding hydrogens is 445 g/mol. The van der Waals surface area contributed by atoms with Gasteiger partial charge in [0.2, 0.25) is 0 Å². The van der Waals surface area contributed by atoms with Crippen molar-refractivity contribution < 1.29 is 0 Å². The van der Waals surface area contributed by atoms with Crippen LogP contribution in [0.4, 0.5) is 0 Å². The van der Waals surface area contributed by atoms with Crippen molar-refractivity contribution in [2.75, 3.05) is 0 Å². The SMILES string of the molecule is Cl.Cl.Cl.Cl.Cl.Cl.Cl.Cl.[NaH].[NaH].[NaH].[NaH].[NaH].[NaH].[NaH]. The number of hydrogen-bond acceptors (Lipinski definition) is 0. The number of halogens is 8. The Morgan fingerprint density at radius 1 is 0.133 bits per heavy atom. The summed E-state index contributed by atoms with van der Waals surface area (Å²) in [6, 6.07) is 0. The molecule has 0 aliphatic rings. The van der Waals surface area contributed by atoms with E-state index in [0.717, 1.165) is 0 Å². The normalized spacial score (nSPS) is 0. The molecule has 0 aromatic carbocycles. The molecule has 0 aromatic rings. The van der Waals surface area contributed by atoms with Gasteiger partial charge < -0.3 is 0 Å². The van der Waals surface area contributed by atoms with Crippen LogP contribution in [-0.4, -0.2) is 207 Å². The standard InChI is InChI=1S/8ClH.7Na.7H/h8*1H;;;;;;;;;;;;;;. The molecule has 0 radical (unpaired) electrons. The summed E-state index contributed by atoms with van der Waals surface area (Å²) in [5, 5.41) is 0. The van der Waals surface area contributed by atoms with Crippen molar-refractivity contribution >= 4 is 306 Å². The first-order valence-corrected chi connectivity index (χ1v) is 0. The van der Waals surface area contributed by atoms with Gasteiger partial charge in [0.05, 0.1) is 0 Å². The van der Waals surface area contributed by atoms with Crippen LogP contribution in [-0.2, 0) is 0 Å². The summed E-state index contributed by atoms with van der Waals surface area (Å²) in [5.74, 6) is 0. The van der Waals surface area contributed by atoms with Gasteiger partial charge in [0.1, 0.15) is 0 Å². The second kappa shape index (κ2) is 134. The molecule has 78 valence electrons. The van der Waals surface area contributed by atoms with Crippen molar-refractivity contribution in [3.8, 4) is 0 Å². The Kier molecular flexibility index (Phi) is 1360. The third-order valence-electron chi connectivity index (χ3n) is 0. The van der Waals surface area contributed by atoms with Crippen LogP contribution in [0.1, 0.15) is 0 Å². The van der Waals surface area contributed by atoms with Gasteiger partial charge >= 0.3 is 207 Å². The van der Waals surface area contributed by atoms with Crippen LogP contribution in [0.15, 0.2) is 0 Å². The van der Waals surface area contributed by atoms with Crippen molar-refractivity contribution in [2.45, 2.75) is 0 Å². The van der Waals surface area contributed by atoms with Gasteiger partial charge in [-0.05, 0) is 0 Å². The van der Waals surface area contributed by atoms with E-state index in [1.54, 1.807) is 0 Å². The Morgan fingerprint density at radius 2 is 0.133 bits per heavy atom. The second-order valence-electron chi connectivity index (χ2n) is 0. The fourth-order valence-corrected chi connectivity index (χ4v) is 0. The zero-order valence-electron chi connectivity index (χ0n) is 3.27. The summed E-state index contributed by atoms with van der Waals surface area (Å²) in [5.41, 5.74) is 0. The Morgan fingerprint density at radius 3 is 0.133 bits per heavy atom. The molecule has 0 nitrogen and oxygen atoms in total. The third-order valence-corrected chi connectivity index (χ3v) is 0. The monoisotopic (exact) mass is 456 g/mol. The van der Waals surface area contributed by atoms with Crippen molar-refractivity contribution in [1.82, 2.24) is 0 Å². The molecule has 0 aliphatic heterocycles. The molecule has 0 atom stereocenters. The van der Waals surface area contributed by atoms with Gasteiger partial charge in [-0.25, -0.2) is 0 Å². The van der Waals surface area contributed by atoms with E-state index < -0.39 is 0 Å². The topological polar surface area (TPSA) is 0 Å². The number of rotatable bonds is 0. The molecule has 0 fully saturated rings. The molecule has 0 amide bonds. The van der Waals surface area contributed by atoms with E-state index in [2.05, 4.69) is 0 Å². The Bertz CT molecular complexity index is 15.0. The summed E-state index contributed by atoms with van der Waals surface area (Å²) in [6.45, 7) is 0. The summed E-state index contributed by atoms with van der Waals surface area (Å²) in [6.07, 6.45) is 0. The summed E-state index contributed by atoms with van der Waals surface area (Å²) in [4.78, 5) is 0. The molecule has 0 aliphatic carbocycles. The van der Waals surface area contributed by atoms with E-state index in [0.29, 0.717) is 0 Å². The molecule has 0 spiro atoms. The van der Waals surface area contributed by atoms with Gasteiger partial charge in [-0.15, -0.1) is 99.3 Å². The van der Waals surface area contributed by atoms with E-state index in [9.17, 15) is 0 Å². The average molecular weight is 460 g/mol. The van der Waals surface area contributed by atoms with Crippen LogP contribution in [0.2, 0.25) is 0 Å². The minimum atomic E-state index is 0. The Hall–Kier alpha value is 9.32. The molecule has 0 aromatic heterocycles. The summed E-state index contributed by atoms with van der Waals surface area (Å²) >= 11 is 0. The van der Waals surface area contributed by atoms with Gasteiger partial charge in [-0.3, -0.25) is 0 Å². The first kappa shape index (κ1) is 152. The molecule has 0 rings (SSSR count). The molecule has 0 unspecified atom stereocenters. The Labute approximate surface area is 297 Å². The second-order valence-corrected chi connectivity index (χ2v) is 0. The van der Waals surface area contributed by atoms with Gasteiger partial charge in [0, 0.05) is 0 Å². The van der Waals surface area contributed by atoms with Crippen LogP contribution >= 0.6 is 99.3 Å². The zero-order valence-corrected chi connectivity index (χ0v) is 9.80. The number of hydrogen-bond donors (Lipinski definition) is 0. The average Bonchev–Trinajstić information content (AvgIpc) is 0. The van der Waals surface area contributed by atoms with Crippen LogP contribution in [0, 0.1) is 0 Å². The molecule has 15 heteroatoms. The molecule has 0 saturated carbocycles. The van der Waals surface area contributed by atoms with Crippen LogP contribution in [0.3, 0.4) is 0 Å². The van der Waals surface area contributed by atoms with Crippen molar-refractivity contribution in [3.05, 3.63) is 0 Å².